The van der Waals surface area contributed by atoms with Gasteiger partial charge in [0, 0.05) is 38.8 Å². The van der Waals surface area contributed by atoms with Gasteiger partial charge in [0.1, 0.15) is 17.1 Å². The monoisotopic (exact) mass is 524 g/mol. The largest absolute Gasteiger partial charge is 0.494 e. The Morgan fingerprint density at radius 2 is 2.03 bits per heavy atom. The third-order valence-corrected chi connectivity index (χ3v) is 7.20. The number of nitrogens with zero attached hydrogens (tertiary/aromatic N) is 4. The quantitative estimate of drug-likeness (QED) is 0.427. The highest BCUT2D eigenvalue weighted by Gasteiger charge is 2.43. The number of likely N-dealkylation sites (N-methyl/N-ethyl adjacent to an activating group) is 1. The second-order valence-electron chi connectivity index (χ2n) is 9.44. The number of aromatic nitrogens is 1. The summed E-state index contributed by atoms with van der Waals surface area (Å²) < 4.78 is 25.8. The minimum absolute atomic E-state index is 0.0253. The lowest BCUT2D eigenvalue weighted by molar-refractivity contribution is -0.114. The van der Waals surface area contributed by atoms with Crippen LogP contribution in [0.2, 0.25) is 0 Å². The van der Waals surface area contributed by atoms with Gasteiger partial charge in [-0.15, -0.1) is 0 Å². The third kappa shape index (κ3) is 4.40. The normalized spacial score (nSPS) is 17.4. The first kappa shape index (κ1) is 25.5. The van der Waals surface area contributed by atoms with Gasteiger partial charge in [0.25, 0.3) is 5.91 Å². The molecule has 3 aromatic rings. The Kier molecular flexibility index (Phi) is 6.66. The third-order valence-electron chi connectivity index (χ3n) is 7.20. The van der Waals surface area contributed by atoms with E-state index in [1.807, 2.05) is 6.07 Å². The molecule has 0 aliphatic carbocycles. The fourth-order valence-corrected chi connectivity index (χ4v) is 5.11. The van der Waals surface area contributed by atoms with Crippen molar-refractivity contribution in [2.45, 2.75) is 19.0 Å². The van der Waals surface area contributed by atoms with Crippen molar-refractivity contribution in [1.29, 1.82) is 0 Å². The zero-order valence-electron chi connectivity index (χ0n) is 21.2. The summed E-state index contributed by atoms with van der Waals surface area (Å²) in [7, 11) is 1.31. The molecule has 0 unspecified atom stereocenters. The fraction of sp³-hybridized carbons (Fsp3) is 0.385. The summed E-state index contributed by atoms with van der Waals surface area (Å²) in [5.74, 6) is -0.654. The van der Waals surface area contributed by atoms with Crippen LogP contribution >= 0.6 is 0 Å². The molecule has 2 aromatic heterocycles. The lowest BCUT2D eigenvalue weighted by Crippen LogP contribution is -2.55. The summed E-state index contributed by atoms with van der Waals surface area (Å²) in [5.41, 5.74) is 4.79. The van der Waals surface area contributed by atoms with Gasteiger partial charge < -0.3 is 39.7 Å². The molecule has 3 amide bonds. The Bertz CT molecular complexity index is 1400. The number of pyridine rings is 1. The number of ether oxygens (including phenoxy) is 1. The van der Waals surface area contributed by atoms with Crippen molar-refractivity contribution < 1.29 is 27.9 Å². The van der Waals surface area contributed by atoms with E-state index >= 15 is 0 Å². The van der Waals surface area contributed by atoms with Crippen molar-refractivity contribution in [3.05, 3.63) is 53.0 Å². The van der Waals surface area contributed by atoms with Crippen LogP contribution in [0.3, 0.4) is 0 Å². The molecule has 4 heterocycles. The molecule has 2 aliphatic rings. The number of urea groups is 1. The minimum Gasteiger partial charge on any atom is -0.494 e. The number of piperazine rings is 1. The molecular formula is C26H29FN6O5. The van der Waals surface area contributed by atoms with Gasteiger partial charge >= 0.3 is 6.03 Å². The standard InChI is InChI=1S/C26H29FN6O5/c1-3-31-8-10-32(11-9-31)21-7-6-18-17(29-21)12-20(38-18)26(15-34,30-25(28)36)14-33-13-16-4-5-19(37-2)23(27)22(16)24(33)35/h4-7,12,15H,3,8-11,13-14H2,1-2H3,(H3,28,30,36)/t26-/m1/s1. The van der Waals surface area contributed by atoms with Gasteiger partial charge in [-0.1, -0.05) is 13.0 Å². The van der Waals surface area contributed by atoms with E-state index < -0.39 is 23.3 Å². The molecule has 12 heteroatoms. The van der Waals surface area contributed by atoms with Crippen LogP contribution < -0.4 is 20.7 Å². The molecular weight excluding hydrogens is 495 g/mol. The van der Waals surface area contributed by atoms with Gasteiger partial charge in [0.15, 0.2) is 29.0 Å². The number of nitrogens with one attached hydrogen (secondary N) is 1. The van der Waals surface area contributed by atoms with E-state index in [0.717, 1.165) is 38.5 Å². The van der Waals surface area contributed by atoms with Crippen LogP contribution in [0.15, 0.2) is 34.7 Å². The molecule has 200 valence electrons. The second-order valence-corrected chi connectivity index (χ2v) is 9.44. The highest BCUT2D eigenvalue weighted by Crippen LogP contribution is 2.34. The van der Waals surface area contributed by atoms with E-state index in [4.69, 9.17) is 19.9 Å². The first-order valence-corrected chi connectivity index (χ1v) is 12.4. The SMILES string of the molecule is CCN1CCN(c2ccc3oc([C@](C=O)(CN4Cc5ccc(OC)c(F)c5C4=O)NC(N)=O)cc3n2)CC1. The number of methoxy groups -OCH3 is 1. The number of rotatable bonds is 8. The van der Waals surface area contributed by atoms with Gasteiger partial charge in [0.05, 0.1) is 19.2 Å². The Morgan fingerprint density at radius 3 is 2.68 bits per heavy atom. The summed E-state index contributed by atoms with van der Waals surface area (Å²) in [6.07, 6.45) is 0.466. The van der Waals surface area contributed by atoms with Gasteiger partial charge in [-0.05, 0) is 30.3 Å². The zero-order valence-corrected chi connectivity index (χ0v) is 21.2. The van der Waals surface area contributed by atoms with Crippen molar-refractivity contribution in [2.24, 2.45) is 5.73 Å². The molecule has 38 heavy (non-hydrogen) atoms. The number of nitrogens with two attached hydrogens (primary N) is 1. The van der Waals surface area contributed by atoms with Crippen molar-refractivity contribution in [3.63, 3.8) is 0 Å². The zero-order chi connectivity index (χ0) is 27.0. The van der Waals surface area contributed by atoms with E-state index in [0.29, 0.717) is 22.9 Å². The van der Waals surface area contributed by atoms with Crippen LogP contribution in [0.1, 0.15) is 28.6 Å². The maximum atomic E-state index is 14.9. The number of furan rings is 1. The van der Waals surface area contributed by atoms with Crippen LogP contribution in [0.25, 0.3) is 11.1 Å². The number of benzene rings is 1. The molecule has 0 radical (unpaired) electrons. The first-order chi connectivity index (χ1) is 18.3. The summed E-state index contributed by atoms with van der Waals surface area (Å²) >= 11 is 0. The number of amides is 3. The number of carbonyl (C=O) groups excluding carboxylic acids is 3. The molecule has 1 atom stereocenters. The Balaban J connectivity index is 1.46. The van der Waals surface area contributed by atoms with Crippen LogP contribution in [0.4, 0.5) is 15.0 Å². The summed E-state index contributed by atoms with van der Waals surface area (Å²) in [6, 6.07) is 7.19. The van der Waals surface area contributed by atoms with Crippen LogP contribution in [-0.4, -0.2) is 79.4 Å². The topological polar surface area (TPSA) is 134 Å². The van der Waals surface area contributed by atoms with Crippen molar-refractivity contribution >= 4 is 35.1 Å². The molecule has 11 nitrogen and oxygen atoms in total. The molecule has 2 aliphatic heterocycles. The maximum Gasteiger partial charge on any atom is 0.313 e. The Hall–Kier alpha value is -4.19. The summed E-state index contributed by atoms with van der Waals surface area (Å²) in [6.45, 7) is 6.35. The van der Waals surface area contributed by atoms with Crippen LogP contribution in [-0.2, 0) is 16.9 Å². The molecule has 0 bridgehead atoms. The number of hydrogen-bond acceptors (Lipinski definition) is 8. The van der Waals surface area contributed by atoms with Gasteiger partial charge in [0.2, 0.25) is 0 Å². The predicted molar refractivity (Wildman–Crippen MR) is 136 cm³/mol. The lowest BCUT2D eigenvalue weighted by atomic mass is 9.97. The van der Waals surface area contributed by atoms with Gasteiger partial charge in [-0.2, -0.15) is 0 Å². The van der Waals surface area contributed by atoms with E-state index in [-0.39, 0.29) is 30.2 Å². The maximum absolute atomic E-state index is 14.9. The van der Waals surface area contributed by atoms with Crippen molar-refractivity contribution in [3.8, 4) is 5.75 Å². The molecule has 0 spiro atoms. The molecule has 3 N–H and O–H groups in total. The average Bonchev–Trinajstić information content (AvgIpc) is 3.49. The van der Waals surface area contributed by atoms with E-state index in [2.05, 4.69) is 22.0 Å². The minimum atomic E-state index is -1.82. The molecule has 1 saturated heterocycles. The number of halogens is 1. The Morgan fingerprint density at radius 1 is 1.26 bits per heavy atom. The molecule has 0 saturated carbocycles. The molecule has 1 aromatic carbocycles. The van der Waals surface area contributed by atoms with Gasteiger partial charge in [-0.3, -0.25) is 4.79 Å². The van der Waals surface area contributed by atoms with E-state index in [9.17, 15) is 18.8 Å². The molecule has 1 fully saturated rings. The van der Waals surface area contributed by atoms with E-state index in [1.54, 1.807) is 18.2 Å². The highest BCUT2D eigenvalue weighted by molar-refractivity contribution is 5.99. The summed E-state index contributed by atoms with van der Waals surface area (Å²) in [4.78, 5) is 48.2. The smallest absolute Gasteiger partial charge is 0.313 e. The van der Waals surface area contributed by atoms with Crippen LogP contribution in [0.5, 0.6) is 5.75 Å². The van der Waals surface area contributed by atoms with Crippen molar-refractivity contribution in [2.75, 3.05) is 51.3 Å². The van der Waals surface area contributed by atoms with Gasteiger partial charge in [-0.25, -0.2) is 14.2 Å². The molecule has 5 rings (SSSR count). The number of aldehydes is 1. The number of primary amides is 1. The van der Waals surface area contributed by atoms with Crippen molar-refractivity contribution in [1.82, 2.24) is 20.1 Å². The number of carbonyl (C=O) groups is 3. The second kappa shape index (κ2) is 9.93. The number of hydrogen-bond donors (Lipinski definition) is 2. The highest BCUT2D eigenvalue weighted by atomic mass is 19.1. The number of anilines is 1. The lowest BCUT2D eigenvalue weighted by Gasteiger charge is -2.34. The fourth-order valence-electron chi connectivity index (χ4n) is 5.11. The van der Waals surface area contributed by atoms with Crippen LogP contribution in [0, 0.1) is 5.82 Å². The predicted octanol–water partition coefficient (Wildman–Crippen LogP) is 1.84. The Labute approximate surface area is 218 Å². The summed E-state index contributed by atoms with van der Waals surface area (Å²) in [5, 5.41) is 2.44. The first-order valence-electron chi connectivity index (χ1n) is 12.4. The van der Waals surface area contributed by atoms with E-state index in [1.165, 1.54) is 18.1 Å². The number of fused-ring (bicyclic) bond motifs is 2. The average molecular weight is 525 g/mol.